The predicted octanol–water partition coefficient (Wildman–Crippen LogP) is 2.61. The molecule has 0 aliphatic rings. The summed E-state index contributed by atoms with van der Waals surface area (Å²) in [6.07, 6.45) is 3.40. The van der Waals surface area contributed by atoms with Crippen LogP contribution in [0.3, 0.4) is 0 Å². The largest absolute Gasteiger partial charge is 0.453 e. The molecule has 0 saturated carbocycles. The molecule has 0 saturated heterocycles. The molecule has 0 aliphatic heterocycles. The SMILES string of the molecule is Cn1cc(Oc2cc(Br)ccc2C(N)=S)cn1. The Morgan fingerprint density at radius 1 is 1.53 bits per heavy atom. The Labute approximate surface area is 113 Å². The number of nitrogens with two attached hydrogens (primary N) is 1. The third-order valence-electron chi connectivity index (χ3n) is 2.12. The van der Waals surface area contributed by atoms with Gasteiger partial charge in [-0.2, -0.15) is 5.10 Å². The fourth-order valence-electron chi connectivity index (χ4n) is 1.36. The number of aromatic nitrogens is 2. The Balaban J connectivity index is 2.37. The van der Waals surface area contributed by atoms with Crippen molar-refractivity contribution in [2.24, 2.45) is 12.8 Å². The minimum Gasteiger partial charge on any atom is -0.453 e. The summed E-state index contributed by atoms with van der Waals surface area (Å²) in [7, 11) is 1.82. The van der Waals surface area contributed by atoms with E-state index in [1.807, 2.05) is 25.2 Å². The van der Waals surface area contributed by atoms with E-state index in [-0.39, 0.29) is 0 Å². The van der Waals surface area contributed by atoms with Gasteiger partial charge in [-0.15, -0.1) is 0 Å². The van der Waals surface area contributed by atoms with E-state index in [1.165, 1.54) is 0 Å². The molecule has 0 aliphatic carbocycles. The van der Waals surface area contributed by atoms with Gasteiger partial charge in [-0.25, -0.2) is 0 Å². The molecular weight excluding hydrogens is 302 g/mol. The number of ether oxygens (including phenoxy) is 1. The van der Waals surface area contributed by atoms with Gasteiger partial charge in [0.05, 0.1) is 18.0 Å². The van der Waals surface area contributed by atoms with Gasteiger partial charge in [-0.3, -0.25) is 4.68 Å². The highest BCUT2D eigenvalue weighted by Crippen LogP contribution is 2.28. The monoisotopic (exact) mass is 311 g/mol. The number of hydrogen-bond acceptors (Lipinski definition) is 3. The van der Waals surface area contributed by atoms with E-state index in [0.717, 1.165) is 4.47 Å². The summed E-state index contributed by atoms with van der Waals surface area (Å²) in [6.45, 7) is 0. The van der Waals surface area contributed by atoms with E-state index in [1.54, 1.807) is 17.1 Å². The van der Waals surface area contributed by atoms with E-state index in [4.69, 9.17) is 22.7 Å². The Hall–Kier alpha value is -1.40. The Morgan fingerprint density at radius 3 is 2.88 bits per heavy atom. The van der Waals surface area contributed by atoms with Crippen molar-refractivity contribution >= 4 is 33.1 Å². The van der Waals surface area contributed by atoms with Crippen molar-refractivity contribution in [2.45, 2.75) is 0 Å². The lowest BCUT2D eigenvalue weighted by Gasteiger charge is -2.08. The van der Waals surface area contributed by atoms with Crippen molar-refractivity contribution in [3.8, 4) is 11.5 Å². The summed E-state index contributed by atoms with van der Waals surface area (Å²) < 4.78 is 8.25. The van der Waals surface area contributed by atoms with Crippen molar-refractivity contribution in [1.82, 2.24) is 9.78 Å². The zero-order valence-corrected chi connectivity index (χ0v) is 11.5. The summed E-state index contributed by atoms with van der Waals surface area (Å²) in [4.78, 5) is 0.302. The summed E-state index contributed by atoms with van der Waals surface area (Å²) in [5, 5.41) is 4.03. The molecule has 17 heavy (non-hydrogen) atoms. The van der Waals surface area contributed by atoms with Crippen molar-refractivity contribution in [3.05, 3.63) is 40.6 Å². The summed E-state index contributed by atoms with van der Waals surface area (Å²) in [6, 6.07) is 5.50. The maximum Gasteiger partial charge on any atom is 0.165 e. The van der Waals surface area contributed by atoms with Crippen LogP contribution in [0.15, 0.2) is 35.1 Å². The van der Waals surface area contributed by atoms with Crippen LogP contribution in [0.1, 0.15) is 5.56 Å². The van der Waals surface area contributed by atoms with Crippen LogP contribution >= 0.6 is 28.1 Å². The first-order valence-electron chi connectivity index (χ1n) is 4.82. The second kappa shape index (κ2) is 4.85. The van der Waals surface area contributed by atoms with Gasteiger partial charge >= 0.3 is 0 Å². The van der Waals surface area contributed by atoms with Crippen LogP contribution in [-0.4, -0.2) is 14.8 Å². The first-order valence-corrected chi connectivity index (χ1v) is 6.02. The van der Waals surface area contributed by atoms with Crippen LogP contribution in [0.4, 0.5) is 0 Å². The van der Waals surface area contributed by atoms with Crippen LogP contribution < -0.4 is 10.5 Å². The van der Waals surface area contributed by atoms with Crippen molar-refractivity contribution in [3.63, 3.8) is 0 Å². The normalized spacial score (nSPS) is 10.2. The Bertz CT molecular complexity index is 568. The average molecular weight is 312 g/mol. The molecule has 1 aromatic heterocycles. The van der Waals surface area contributed by atoms with Gasteiger partial charge in [-0.05, 0) is 18.2 Å². The van der Waals surface area contributed by atoms with Gasteiger partial charge in [0.15, 0.2) is 5.75 Å². The molecule has 1 heterocycles. The lowest BCUT2D eigenvalue weighted by Crippen LogP contribution is -2.10. The number of rotatable bonds is 3. The summed E-state index contributed by atoms with van der Waals surface area (Å²) in [5.41, 5.74) is 6.34. The number of hydrogen-bond donors (Lipinski definition) is 1. The highest BCUT2D eigenvalue weighted by Gasteiger charge is 2.09. The number of halogens is 1. The molecule has 6 heteroatoms. The fourth-order valence-corrected chi connectivity index (χ4v) is 1.87. The molecule has 4 nitrogen and oxygen atoms in total. The maximum absolute atomic E-state index is 5.69. The zero-order valence-electron chi connectivity index (χ0n) is 9.05. The van der Waals surface area contributed by atoms with Gasteiger partial charge in [0.1, 0.15) is 10.7 Å². The molecule has 0 unspecified atom stereocenters. The van der Waals surface area contributed by atoms with E-state index in [9.17, 15) is 0 Å². The summed E-state index contributed by atoms with van der Waals surface area (Å²) in [5.74, 6) is 1.25. The average Bonchev–Trinajstić information content (AvgIpc) is 2.63. The van der Waals surface area contributed by atoms with Gasteiger partial charge in [0.2, 0.25) is 0 Å². The van der Waals surface area contributed by atoms with Crippen LogP contribution in [-0.2, 0) is 7.05 Å². The molecule has 2 rings (SSSR count). The number of thiocarbonyl (C=S) groups is 1. The molecule has 2 aromatic rings. The Kier molecular flexibility index (Phi) is 3.44. The summed E-state index contributed by atoms with van der Waals surface area (Å²) >= 11 is 8.35. The Morgan fingerprint density at radius 2 is 2.29 bits per heavy atom. The molecular formula is C11H10BrN3OS. The van der Waals surface area contributed by atoms with Crippen LogP contribution in [0.25, 0.3) is 0 Å². The van der Waals surface area contributed by atoms with E-state index in [0.29, 0.717) is 22.1 Å². The molecule has 0 bridgehead atoms. The van der Waals surface area contributed by atoms with Crippen molar-refractivity contribution < 1.29 is 4.74 Å². The minimum atomic E-state index is 0.302. The quantitative estimate of drug-likeness (QED) is 0.885. The smallest absolute Gasteiger partial charge is 0.165 e. The molecule has 1 aromatic carbocycles. The van der Waals surface area contributed by atoms with E-state index < -0.39 is 0 Å². The van der Waals surface area contributed by atoms with Gasteiger partial charge < -0.3 is 10.5 Å². The lowest BCUT2D eigenvalue weighted by atomic mass is 10.2. The fraction of sp³-hybridized carbons (Fsp3) is 0.0909. The zero-order chi connectivity index (χ0) is 12.4. The molecule has 0 atom stereocenters. The predicted molar refractivity (Wildman–Crippen MR) is 73.3 cm³/mol. The topological polar surface area (TPSA) is 53.1 Å². The van der Waals surface area contributed by atoms with Crippen molar-refractivity contribution in [1.29, 1.82) is 0 Å². The third-order valence-corrected chi connectivity index (χ3v) is 2.83. The molecule has 2 N–H and O–H groups in total. The molecule has 0 amide bonds. The van der Waals surface area contributed by atoms with Gasteiger partial charge in [0.25, 0.3) is 0 Å². The van der Waals surface area contributed by atoms with Crippen LogP contribution in [0, 0.1) is 0 Å². The third kappa shape index (κ3) is 2.83. The maximum atomic E-state index is 5.69. The van der Waals surface area contributed by atoms with Crippen LogP contribution in [0.5, 0.6) is 11.5 Å². The standard InChI is InChI=1S/C11H10BrN3OS/c1-15-6-8(5-14-15)16-10-4-7(12)2-3-9(10)11(13)17/h2-6H,1H3,(H2,13,17). The number of aryl methyl sites for hydroxylation is 1. The molecule has 88 valence electrons. The first kappa shape index (κ1) is 12.1. The number of nitrogens with zero attached hydrogens (tertiary/aromatic N) is 2. The van der Waals surface area contributed by atoms with Gasteiger partial charge in [-0.1, -0.05) is 28.1 Å². The minimum absolute atomic E-state index is 0.302. The molecule has 0 spiro atoms. The highest BCUT2D eigenvalue weighted by atomic mass is 79.9. The van der Waals surface area contributed by atoms with Gasteiger partial charge in [0, 0.05) is 11.5 Å². The lowest BCUT2D eigenvalue weighted by molar-refractivity contribution is 0.480. The second-order valence-corrected chi connectivity index (χ2v) is 4.81. The van der Waals surface area contributed by atoms with E-state index in [2.05, 4.69) is 21.0 Å². The molecule has 0 radical (unpaired) electrons. The van der Waals surface area contributed by atoms with E-state index >= 15 is 0 Å². The highest BCUT2D eigenvalue weighted by molar-refractivity contribution is 9.10. The first-order chi connectivity index (χ1) is 8.06. The van der Waals surface area contributed by atoms with Crippen molar-refractivity contribution in [2.75, 3.05) is 0 Å². The second-order valence-electron chi connectivity index (χ2n) is 3.46. The van der Waals surface area contributed by atoms with Crippen LogP contribution in [0.2, 0.25) is 0 Å². The molecule has 0 fully saturated rings. The number of benzene rings is 1.